The van der Waals surface area contributed by atoms with E-state index in [4.69, 9.17) is 0 Å². The molecular formula is C19H19N3O5. The summed E-state index contributed by atoms with van der Waals surface area (Å²) in [5.74, 6) is -0.583. The van der Waals surface area contributed by atoms with Crippen molar-refractivity contribution in [2.45, 2.75) is 0 Å². The Balaban J connectivity index is 1.66. The third kappa shape index (κ3) is 3.89. The second-order valence-electron chi connectivity index (χ2n) is 6.09. The first-order chi connectivity index (χ1) is 13.0. The summed E-state index contributed by atoms with van der Waals surface area (Å²) in [4.78, 5) is 38.6. The molecule has 3 rings (SSSR count). The first kappa shape index (κ1) is 18.4. The summed E-state index contributed by atoms with van der Waals surface area (Å²) in [6, 6.07) is 12.9. The molecule has 0 spiro atoms. The number of methoxy groups -OCH3 is 1. The zero-order valence-electron chi connectivity index (χ0n) is 14.8. The van der Waals surface area contributed by atoms with Crippen LogP contribution in [0.2, 0.25) is 0 Å². The maximum Gasteiger partial charge on any atom is 0.337 e. The highest BCUT2D eigenvalue weighted by Crippen LogP contribution is 2.28. The van der Waals surface area contributed by atoms with E-state index in [1.54, 1.807) is 47.4 Å². The Hall–Kier alpha value is -3.42. The molecule has 27 heavy (non-hydrogen) atoms. The van der Waals surface area contributed by atoms with E-state index < -0.39 is 10.9 Å². The van der Waals surface area contributed by atoms with Crippen LogP contribution in [0.15, 0.2) is 48.5 Å². The van der Waals surface area contributed by atoms with E-state index in [1.165, 1.54) is 13.2 Å². The Morgan fingerprint density at radius 1 is 0.963 bits per heavy atom. The van der Waals surface area contributed by atoms with Crippen molar-refractivity contribution in [3.63, 3.8) is 0 Å². The van der Waals surface area contributed by atoms with Gasteiger partial charge in [0.1, 0.15) is 5.69 Å². The highest BCUT2D eigenvalue weighted by Gasteiger charge is 2.26. The third-order valence-corrected chi connectivity index (χ3v) is 4.54. The molecule has 0 bridgehead atoms. The van der Waals surface area contributed by atoms with Gasteiger partial charge in [-0.15, -0.1) is 0 Å². The van der Waals surface area contributed by atoms with Crippen molar-refractivity contribution in [3.8, 4) is 0 Å². The second kappa shape index (κ2) is 7.86. The van der Waals surface area contributed by atoms with Crippen LogP contribution in [0.5, 0.6) is 0 Å². The van der Waals surface area contributed by atoms with Gasteiger partial charge in [0.25, 0.3) is 11.6 Å². The van der Waals surface area contributed by atoms with Crippen LogP contribution in [0.4, 0.5) is 11.4 Å². The Labute approximate surface area is 156 Å². The van der Waals surface area contributed by atoms with Crippen LogP contribution in [-0.4, -0.2) is 55.0 Å². The lowest BCUT2D eigenvalue weighted by atomic mass is 10.1. The number of piperazine rings is 1. The van der Waals surface area contributed by atoms with Gasteiger partial charge >= 0.3 is 5.97 Å². The lowest BCUT2D eigenvalue weighted by molar-refractivity contribution is -0.384. The van der Waals surface area contributed by atoms with Crippen LogP contribution in [0.3, 0.4) is 0 Å². The van der Waals surface area contributed by atoms with E-state index in [9.17, 15) is 19.7 Å². The molecule has 0 unspecified atom stereocenters. The van der Waals surface area contributed by atoms with Crippen LogP contribution < -0.4 is 4.90 Å². The van der Waals surface area contributed by atoms with Gasteiger partial charge in [0.2, 0.25) is 0 Å². The molecule has 0 aliphatic carbocycles. The van der Waals surface area contributed by atoms with Gasteiger partial charge in [-0.2, -0.15) is 0 Å². The molecule has 0 atom stereocenters. The highest BCUT2D eigenvalue weighted by molar-refractivity contribution is 5.96. The lowest BCUT2D eigenvalue weighted by Gasteiger charge is -2.35. The summed E-state index contributed by atoms with van der Waals surface area (Å²) in [6.07, 6.45) is 0. The average molecular weight is 369 g/mol. The zero-order valence-corrected chi connectivity index (χ0v) is 14.8. The van der Waals surface area contributed by atoms with Crippen LogP contribution in [-0.2, 0) is 4.74 Å². The summed E-state index contributed by atoms with van der Waals surface area (Å²) in [5.41, 5.74) is 1.50. The van der Waals surface area contributed by atoms with Gasteiger partial charge in [0.05, 0.1) is 17.6 Å². The van der Waals surface area contributed by atoms with Gasteiger partial charge < -0.3 is 14.5 Å². The van der Waals surface area contributed by atoms with Crippen molar-refractivity contribution >= 4 is 23.3 Å². The first-order valence-electron chi connectivity index (χ1n) is 8.47. The predicted octanol–water partition coefficient (Wildman–Crippen LogP) is 2.34. The summed E-state index contributed by atoms with van der Waals surface area (Å²) < 4.78 is 4.65. The first-order valence-corrected chi connectivity index (χ1v) is 8.47. The van der Waals surface area contributed by atoms with Crippen molar-refractivity contribution < 1.29 is 19.2 Å². The van der Waals surface area contributed by atoms with Crippen LogP contribution in [0.1, 0.15) is 20.7 Å². The second-order valence-corrected chi connectivity index (χ2v) is 6.09. The van der Waals surface area contributed by atoms with Crippen LogP contribution in [0, 0.1) is 10.1 Å². The number of nitro groups is 1. The lowest BCUT2D eigenvalue weighted by Crippen LogP contribution is -2.48. The van der Waals surface area contributed by atoms with Gasteiger partial charge in [0.15, 0.2) is 0 Å². The number of esters is 1. The minimum Gasteiger partial charge on any atom is -0.465 e. The Morgan fingerprint density at radius 2 is 1.56 bits per heavy atom. The Morgan fingerprint density at radius 3 is 2.15 bits per heavy atom. The smallest absolute Gasteiger partial charge is 0.337 e. The molecule has 8 nitrogen and oxygen atoms in total. The molecule has 0 N–H and O–H groups in total. The minimum absolute atomic E-state index is 0.0654. The van der Waals surface area contributed by atoms with Crippen LogP contribution >= 0.6 is 0 Å². The monoisotopic (exact) mass is 369 g/mol. The quantitative estimate of drug-likeness (QED) is 0.467. The van der Waals surface area contributed by atoms with E-state index in [-0.39, 0.29) is 11.6 Å². The Kier molecular flexibility index (Phi) is 5.35. The van der Waals surface area contributed by atoms with Crippen molar-refractivity contribution in [1.82, 2.24) is 4.90 Å². The Bertz CT molecular complexity index is 858. The number of anilines is 1. The van der Waals surface area contributed by atoms with Crippen molar-refractivity contribution in [2.75, 3.05) is 38.2 Å². The standard InChI is InChI=1S/C19H19N3O5/c1-27-19(24)15-8-6-14(7-9-15)18(23)21-12-10-20(11-13-21)16-4-2-3-5-17(16)22(25)26/h2-9H,10-13H2,1H3. The SMILES string of the molecule is COC(=O)c1ccc(C(=O)N2CCN(c3ccccc3[N+](=O)[O-])CC2)cc1. The number of nitro benzene ring substituents is 1. The van der Waals surface area contributed by atoms with Gasteiger partial charge in [-0.05, 0) is 30.3 Å². The summed E-state index contributed by atoms with van der Waals surface area (Å²) >= 11 is 0. The highest BCUT2D eigenvalue weighted by atomic mass is 16.6. The number of rotatable bonds is 4. The number of benzene rings is 2. The fourth-order valence-electron chi connectivity index (χ4n) is 3.09. The number of para-hydroxylation sites is 2. The fourth-order valence-corrected chi connectivity index (χ4v) is 3.09. The molecule has 1 fully saturated rings. The topological polar surface area (TPSA) is 93.0 Å². The average Bonchev–Trinajstić information content (AvgIpc) is 2.73. The maximum absolute atomic E-state index is 12.7. The number of nitrogens with zero attached hydrogens (tertiary/aromatic N) is 3. The fraction of sp³-hybridized carbons (Fsp3) is 0.263. The molecule has 140 valence electrons. The number of carbonyl (C=O) groups excluding carboxylic acids is 2. The molecule has 1 saturated heterocycles. The van der Waals surface area contributed by atoms with Crippen molar-refractivity contribution in [1.29, 1.82) is 0 Å². The predicted molar refractivity (Wildman–Crippen MR) is 99.0 cm³/mol. The minimum atomic E-state index is -0.452. The molecule has 1 aliphatic rings. The molecule has 2 aromatic rings. The molecule has 1 heterocycles. The van der Waals surface area contributed by atoms with E-state index >= 15 is 0 Å². The van der Waals surface area contributed by atoms with Gasteiger partial charge in [-0.3, -0.25) is 14.9 Å². The largest absolute Gasteiger partial charge is 0.465 e. The molecular weight excluding hydrogens is 350 g/mol. The summed E-state index contributed by atoms with van der Waals surface area (Å²) in [5, 5.41) is 11.2. The van der Waals surface area contributed by atoms with E-state index in [1.807, 2.05) is 4.90 Å². The molecule has 8 heteroatoms. The number of amides is 1. The van der Waals surface area contributed by atoms with Gasteiger partial charge in [-0.1, -0.05) is 12.1 Å². The van der Waals surface area contributed by atoms with Crippen molar-refractivity contribution in [2.24, 2.45) is 0 Å². The molecule has 1 amide bonds. The molecule has 0 saturated carbocycles. The normalized spacial score (nSPS) is 14.0. The molecule has 0 aromatic heterocycles. The summed E-state index contributed by atoms with van der Waals surface area (Å²) in [7, 11) is 1.30. The van der Waals surface area contributed by atoms with E-state index in [0.717, 1.165) is 0 Å². The molecule has 0 radical (unpaired) electrons. The van der Waals surface area contributed by atoms with Crippen molar-refractivity contribution in [3.05, 3.63) is 69.8 Å². The van der Waals surface area contributed by atoms with E-state index in [2.05, 4.69) is 4.74 Å². The number of hydrogen-bond donors (Lipinski definition) is 0. The van der Waals surface area contributed by atoms with Gasteiger partial charge in [0, 0.05) is 37.8 Å². The zero-order chi connectivity index (χ0) is 19.4. The van der Waals surface area contributed by atoms with E-state index in [0.29, 0.717) is 43.0 Å². The van der Waals surface area contributed by atoms with Gasteiger partial charge in [-0.25, -0.2) is 4.79 Å². The number of hydrogen-bond acceptors (Lipinski definition) is 6. The third-order valence-electron chi connectivity index (χ3n) is 4.54. The molecule has 1 aliphatic heterocycles. The van der Waals surface area contributed by atoms with Crippen LogP contribution in [0.25, 0.3) is 0 Å². The number of ether oxygens (including phenoxy) is 1. The summed E-state index contributed by atoms with van der Waals surface area (Å²) in [6.45, 7) is 1.95. The maximum atomic E-state index is 12.7. The molecule has 2 aromatic carbocycles. The number of carbonyl (C=O) groups is 2.